The van der Waals surface area contributed by atoms with E-state index in [-0.39, 0.29) is 10.7 Å². The SMILES string of the molecule is COC(=O)c1nc(C(F)F)cc(N)c1Cl. The number of esters is 1. The second-order valence-corrected chi connectivity index (χ2v) is 2.97. The lowest BCUT2D eigenvalue weighted by atomic mass is 10.2. The highest BCUT2D eigenvalue weighted by molar-refractivity contribution is 6.35. The van der Waals surface area contributed by atoms with Crippen molar-refractivity contribution in [2.24, 2.45) is 0 Å². The number of halogens is 3. The zero-order valence-electron chi connectivity index (χ0n) is 7.63. The number of hydrogen-bond acceptors (Lipinski definition) is 4. The van der Waals surface area contributed by atoms with Gasteiger partial charge in [0.25, 0.3) is 6.43 Å². The first-order valence-electron chi connectivity index (χ1n) is 3.79. The highest BCUT2D eigenvalue weighted by atomic mass is 35.5. The Morgan fingerprint density at radius 3 is 2.73 bits per heavy atom. The fourth-order valence-corrected chi connectivity index (χ4v) is 1.09. The molecule has 15 heavy (non-hydrogen) atoms. The van der Waals surface area contributed by atoms with Gasteiger partial charge in [0.1, 0.15) is 5.69 Å². The number of anilines is 1. The van der Waals surface area contributed by atoms with Gasteiger partial charge < -0.3 is 10.5 Å². The lowest BCUT2D eigenvalue weighted by Crippen LogP contribution is -2.09. The van der Waals surface area contributed by atoms with Gasteiger partial charge in [0, 0.05) is 0 Å². The molecule has 4 nitrogen and oxygen atoms in total. The summed E-state index contributed by atoms with van der Waals surface area (Å²) in [7, 11) is 1.09. The first-order chi connectivity index (χ1) is 6.97. The summed E-state index contributed by atoms with van der Waals surface area (Å²) >= 11 is 5.61. The molecule has 1 rings (SSSR count). The van der Waals surface area contributed by atoms with Gasteiger partial charge in [-0.1, -0.05) is 11.6 Å². The third-order valence-electron chi connectivity index (χ3n) is 1.61. The van der Waals surface area contributed by atoms with Gasteiger partial charge in [-0.3, -0.25) is 0 Å². The number of methoxy groups -OCH3 is 1. The van der Waals surface area contributed by atoms with Crippen molar-refractivity contribution in [1.82, 2.24) is 4.98 Å². The Bertz CT molecular complexity index is 398. The molecule has 0 fully saturated rings. The molecule has 0 saturated heterocycles. The highest BCUT2D eigenvalue weighted by Gasteiger charge is 2.20. The van der Waals surface area contributed by atoms with E-state index in [1.165, 1.54) is 0 Å². The Morgan fingerprint density at radius 2 is 2.27 bits per heavy atom. The zero-order valence-corrected chi connectivity index (χ0v) is 8.39. The van der Waals surface area contributed by atoms with Gasteiger partial charge in [0.2, 0.25) is 0 Å². The smallest absolute Gasteiger partial charge is 0.358 e. The third-order valence-corrected chi connectivity index (χ3v) is 2.01. The molecule has 1 aromatic heterocycles. The summed E-state index contributed by atoms with van der Waals surface area (Å²) in [6.45, 7) is 0. The number of nitrogens with two attached hydrogens (primary N) is 1. The number of hydrogen-bond donors (Lipinski definition) is 1. The summed E-state index contributed by atoms with van der Waals surface area (Å²) in [5.41, 5.74) is 4.18. The van der Waals surface area contributed by atoms with E-state index in [1.54, 1.807) is 0 Å². The molecule has 82 valence electrons. The normalized spacial score (nSPS) is 10.5. The number of alkyl halides is 2. The molecule has 0 aromatic carbocycles. The fraction of sp³-hybridized carbons (Fsp3) is 0.250. The molecular formula is C8H7ClF2N2O2. The number of nitrogens with zero attached hydrogens (tertiary/aromatic N) is 1. The van der Waals surface area contributed by atoms with Crippen LogP contribution in [0, 0.1) is 0 Å². The Morgan fingerprint density at radius 1 is 1.67 bits per heavy atom. The number of ether oxygens (including phenoxy) is 1. The summed E-state index contributed by atoms with van der Waals surface area (Å²) in [5, 5.41) is -0.189. The number of pyridine rings is 1. The van der Waals surface area contributed by atoms with E-state index >= 15 is 0 Å². The Hall–Kier alpha value is -1.43. The Labute approximate surface area is 89.0 Å². The van der Waals surface area contributed by atoms with E-state index in [0.717, 1.165) is 13.2 Å². The lowest BCUT2D eigenvalue weighted by molar-refractivity contribution is 0.0592. The van der Waals surface area contributed by atoms with Gasteiger partial charge in [0.15, 0.2) is 5.69 Å². The van der Waals surface area contributed by atoms with Crippen LogP contribution in [-0.2, 0) is 4.74 Å². The average molecular weight is 237 g/mol. The van der Waals surface area contributed by atoms with Gasteiger partial charge in [-0.2, -0.15) is 0 Å². The van der Waals surface area contributed by atoms with E-state index < -0.39 is 23.8 Å². The molecule has 2 N–H and O–H groups in total. The molecule has 0 aliphatic carbocycles. The van der Waals surface area contributed by atoms with Crippen LogP contribution < -0.4 is 5.73 Å². The quantitative estimate of drug-likeness (QED) is 0.798. The molecule has 0 aliphatic heterocycles. The van der Waals surface area contributed by atoms with E-state index in [1.807, 2.05) is 0 Å². The van der Waals surface area contributed by atoms with Crippen LogP contribution in [0.25, 0.3) is 0 Å². The predicted molar refractivity (Wildman–Crippen MR) is 50.0 cm³/mol. The van der Waals surface area contributed by atoms with Crippen molar-refractivity contribution in [3.8, 4) is 0 Å². The molecule has 0 radical (unpaired) electrons. The third kappa shape index (κ3) is 2.33. The number of aromatic nitrogens is 1. The maximum absolute atomic E-state index is 12.3. The van der Waals surface area contributed by atoms with E-state index in [0.29, 0.717) is 0 Å². The molecule has 0 aliphatic rings. The van der Waals surface area contributed by atoms with Gasteiger partial charge in [-0.15, -0.1) is 0 Å². The summed E-state index contributed by atoms with van der Waals surface area (Å²) < 4.78 is 28.9. The van der Waals surface area contributed by atoms with Crippen LogP contribution >= 0.6 is 11.6 Å². The summed E-state index contributed by atoms with van der Waals surface area (Å²) in [6.07, 6.45) is -2.83. The van der Waals surface area contributed by atoms with E-state index in [2.05, 4.69) is 9.72 Å². The van der Waals surface area contributed by atoms with Crippen molar-refractivity contribution in [2.75, 3.05) is 12.8 Å². The summed E-state index contributed by atoms with van der Waals surface area (Å²) in [5.74, 6) is -0.908. The monoisotopic (exact) mass is 236 g/mol. The molecule has 0 saturated carbocycles. The van der Waals surface area contributed by atoms with Crippen LogP contribution in [0.1, 0.15) is 22.6 Å². The average Bonchev–Trinajstić information content (AvgIpc) is 2.20. The minimum absolute atomic E-state index is 0.137. The zero-order chi connectivity index (χ0) is 11.6. The minimum Gasteiger partial charge on any atom is -0.464 e. The highest BCUT2D eigenvalue weighted by Crippen LogP contribution is 2.27. The maximum Gasteiger partial charge on any atom is 0.358 e. The van der Waals surface area contributed by atoms with Crippen LogP contribution in [0.15, 0.2) is 6.07 Å². The van der Waals surface area contributed by atoms with E-state index in [9.17, 15) is 13.6 Å². The van der Waals surface area contributed by atoms with Crippen molar-refractivity contribution >= 4 is 23.3 Å². The molecule has 1 heterocycles. The maximum atomic E-state index is 12.3. The number of rotatable bonds is 2. The molecule has 7 heteroatoms. The summed E-state index contributed by atoms with van der Waals surface area (Å²) in [6, 6.07) is 0.916. The van der Waals surface area contributed by atoms with Crippen LogP contribution in [0.3, 0.4) is 0 Å². The predicted octanol–water partition coefficient (Wildman–Crippen LogP) is 2.04. The van der Waals surface area contributed by atoms with Gasteiger partial charge >= 0.3 is 5.97 Å². The van der Waals surface area contributed by atoms with E-state index in [4.69, 9.17) is 17.3 Å². The Kier molecular flexibility index (Phi) is 3.41. The molecule has 0 amide bonds. The second kappa shape index (κ2) is 4.39. The largest absolute Gasteiger partial charge is 0.464 e. The first-order valence-corrected chi connectivity index (χ1v) is 4.17. The number of carbonyl (C=O) groups excluding carboxylic acids is 1. The summed E-state index contributed by atoms with van der Waals surface area (Å²) in [4.78, 5) is 14.5. The molecule has 0 bridgehead atoms. The molecule has 0 atom stereocenters. The van der Waals surface area contributed by atoms with Crippen LogP contribution in [0.4, 0.5) is 14.5 Å². The molecule has 0 unspecified atom stereocenters. The van der Waals surface area contributed by atoms with Crippen molar-refractivity contribution in [2.45, 2.75) is 6.43 Å². The molecule has 0 spiro atoms. The van der Waals surface area contributed by atoms with Gasteiger partial charge in [0.05, 0.1) is 17.8 Å². The fourth-order valence-electron chi connectivity index (χ4n) is 0.914. The van der Waals surface area contributed by atoms with Crippen molar-refractivity contribution in [3.63, 3.8) is 0 Å². The number of carbonyl (C=O) groups is 1. The lowest BCUT2D eigenvalue weighted by Gasteiger charge is -2.07. The van der Waals surface area contributed by atoms with Gasteiger partial charge in [-0.05, 0) is 6.07 Å². The Balaban J connectivity index is 3.31. The van der Waals surface area contributed by atoms with Crippen LogP contribution in [0.2, 0.25) is 5.02 Å². The minimum atomic E-state index is -2.83. The van der Waals surface area contributed by atoms with Crippen molar-refractivity contribution < 1.29 is 18.3 Å². The number of nitrogen functional groups attached to an aromatic ring is 1. The van der Waals surface area contributed by atoms with Crippen molar-refractivity contribution in [1.29, 1.82) is 0 Å². The van der Waals surface area contributed by atoms with Crippen molar-refractivity contribution in [3.05, 3.63) is 22.5 Å². The second-order valence-electron chi connectivity index (χ2n) is 2.59. The van der Waals surface area contributed by atoms with Crippen LogP contribution in [0.5, 0.6) is 0 Å². The standard InChI is InChI=1S/C8H7ClF2N2O2/c1-15-8(14)6-5(9)3(12)2-4(13-6)7(10)11/h2,7H,1H3,(H2,12,13). The molecule has 1 aromatic rings. The first kappa shape index (κ1) is 11.6. The van der Waals surface area contributed by atoms with Crippen LogP contribution in [-0.4, -0.2) is 18.1 Å². The topological polar surface area (TPSA) is 65.2 Å². The molecular weight excluding hydrogens is 230 g/mol. The van der Waals surface area contributed by atoms with Gasteiger partial charge in [-0.25, -0.2) is 18.6 Å².